The molecule has 0 spiro atoms. The summed E-state index contributed by atoms with van der Waals surface area (Å²) in [7, 11) is -8.97. The molecule has 2 rings (SSSR count). The summed E-state index contributed by atoms with van der Waals surface area (Å²) >= 11 is 0. The molecule has 25 heavy (non-hydrogen) atoms. The molecule has 3 nitrogen and oxygen atoms in total. The van der Waals surface area contributed by atoms with Crippen LogP contribution in [-0.4, -0.2) is 36.1 Å². The van der Waals surface area contributed by atoms with Gasteiger partial charge in [0.25, 0.3) is 0 Å². The maximum atomic E-state index is 13.7. The molecular formula is C16H20F5NO2S. The highest BCUT2D eigenvalue weighted by Gasteiger charge is 2.71. The average molecular weight is 385 g/mol. The van der Waals surface area contributed by atoms with Crippen LogP contribution >= 0.6 is 10.2 Å². The minimum Gasteiger partial charge on any atom is -0.468 e. The Hall–Kier alpha value is -1.61. The fourth-order valence-corrected chi connectivity index (χ4v) is 3.92. The van der Waals surface area contributed by atoms with Crippen LogP contribution in [0.3, 0.4) is 0 Å². The first kappa shape index (κ1) is 19.7. The number of hydrogen-bond acceptors (Lipinski definition) is 3. The second-order valence-corrected chi connectivity index (χ2v) is 9.33. The highest BCUT2D eigenvalue weighted by atomic mass is 32.5. The monoisotopic (exact) mass is 385 g/mol. The summed E-state index contributed by atoms with van der Waals surface area (Å²) in [6.45, 7) is 3.59. The summed E-state index contributed by atoms with van der Waals surface area (Å²) in [6, 6.07) is 5.40. The van der Waals surface area contributed by atoms with E-state index in [-0.39, 0.29) is 5.56 Å². The molecule has 0 aliphatic carbocycles. The Bertz CT molecular complexity index is 723. The number of methoxy groups -OCH3 is 1. The van der Waals surface area contributed by atoms with Gasteiger partial charge in [-0.15, -0.1) is 0 Å². The van der Waals surface area contributed by atoms with Crippen LogP contribution in [0.2, 0.25) is 0 Å². The average Bonchev–Trinajstić information content (AvgIpc) is 2.87. The maximum absolute atomic E-state index is 13.7. The van der Waals surface area contributed by atoms with E-state index in [1.807, 2.05) is 0 Å². The number of carbonyl (C=O) groups excluding carboxylic acids is 1. The summed E-state index contributed by atoms with van der Waals surface area (Å²) in [4.78, 5) is 11.4. The van der Waals surface area contributed by atoms with E-state index < -0.39 is 44.8 Å². The second kappa shape index (κ2) is 5.20. The molecule has 1 aromatic rings. The third-order valence-electron chi connectivity index (χ3n) is 4.04. The van der Waals surface area contributed by atoms with E-state index in [4.69, 9.17) is 0 Å². The van der Waals surface area contributed by atoms with Crippen LogP contribution in [0.15, 0.2) is 35.2 Å². The van der Waals surface area contributed by atoms with Gasteiger partial charge in [0.15, 0.2) is 0 Å². The first-order valence-corrected chi connectivity index (χ1v) is 9.38. The Balaban J connectivity index is 2.83. The van der Waals surface area contributed by atoms with Crippen LogP contribution in [0.1, 0.15) is 26.3 Å². The van der Waals surface area contributed by atoms with Gasteiger partial charge in [-0.2, -0.15) is 0 Å². The van der Waals surface area contributed by atoms with Gasteiger partial charge in [0.05, 0.1) is 7.11 Å². The number of rotatable bonds is 3. The molecule has 0 saturated carbocycles. The molecular weight excluding hydrogens is 365 g/mol. The molecule has 1 unspecified atom stereocenters. The van der Waals surface area contributed by atoms with E-state index in [2.05, 4.69) is 4.74 Å². The number of halogens is 5. The fraction of sp³-hybridized carbons (Fsp3) is 0.438. The molecule has 142 valence electrons. The molecule has 0 bridgehead atoms. The third kappa shape index (κ3) is 3.98. The van der Waals surface area contributed by atoms with E-state index in [1.54, 1.807) is 26.8 Å². The predicted molar refractivity (Wildman–Crippen MR) is 88.8 cm³/mol. The first-order chi connectivity index (χ1) is 11.1. The van der Waals surface area contributed by atoms with Gasteiger partial charge in [-0.05, 0) is 26.3 Å². The lowest BCUT2D eigenvalue weighted by atomic mass is 9.97. The van der Waals surface area contributed by atoms with Crippen molar-refractivity contribution in [2.24, 2.45) is 0 Å². The number of hydrogen-bond donors (Lipinski definition) is 0. The van der Waals surface area contributed by atoms with Gasteiger partial charge in [-0.3, -0.25) is 4.90 Å². The van der Waals surface area contributed by atoms with Crippen molar-refractivity contribution in [3.63, 3.8) is 0 Å². The van der Waals surface area contributed by atoms with Crippen molar-refractivity contribution >= 4 is 21.8 Å². The lowest BCUT2D eigenvalue weighted by molar-refractivity contribution is -0.145. The van der Waals surface area contributed by atoms with Gasteiger partial charge in [0.2, 0.25) is 0 Å². The third-order valence-corrected chi connectivity index (χ3v) is 5.32. The van der Waals surface area contributed by atoms with Crippen LogP contribution in [0.5, 0.6) is 0 Å². The Morgan fingerprint density at radius 2 is 1.64 bits per heavy atom. The fourth-order valence-electron chi connectivity index (χ4n) is 2.89. The summed E-state index contributed by atoms with van der Waals surface area (Å²) in [5.41, 5.74) is -1.78. The normalized spacial score (nSPS) is 22.5. The summed E-state index contributed by atoms with van der Waals surface area (Å²) in [5, 5.41) is 0. The Morgan fingerprint density at radius 1 is 1.12 bits per heavy atom. The maximum Gasteiger partial charge on any atom is 0.327 e. The SMILES string of the molecule is COC(=O)C1C(c2ccccc2)=C(S(F)(F)(F)(F)F)CN1C(C)(C)C. The number of carbonyl (C=O) groups is 1. The highest BCUT2D eigenvalue weighted by Crippen LogP contribution is 3.03. The smallest absolute Gasteiger partial charge is 0.327 e. The molecule has 0 radical (unpaired) electrons. The molecule has 1 aromatic carbocycles. The quantitative estimate of drug-likeness (QED) is 0.519. The van der Waals surface area contributed by atoms with Crippen molar-refractivity contribution in [2.75, 3.05) is 13.7 Å². The summed E-state index contributed by atoms with van der Waals surface area (Å²) in [5.74, 6) is -1.01. The van der Waals surface area contributed by atoms with E-state index in [0.717, 1.165) is 12.0 Å². The molecule has 0 saturated heterocycles. The van der Waals surface area contributed by atoms with Gasteiger partial charge in [-0.1, -0.05) is 49.8 Å². The number of esters is 1. The van der Waals surface area contributed by atoms with Crippen molar-refractivity contribution in [1.82, 2.24) is 4.90 Å². The van der Waals surface area contributed by atoms with E-state index in [0.29, 0.717) is 0 Å². The molecule has 1 atom stereocenters. The van der Waals surface area contributed by atoms with E-state index in [9.17, 15) is 24.2 Å². The highest BCUT2D eigenvalue weighted by molar-refractivity contribution is 8.48. The summed E-state index contributed by atoms with van der Waals surface area (Å²) in [6.07, 6.45) is 0. The Kier molecular flexibility index (Phi) is 4.10. The van der Waals surface area contributed by atoms with Crippen LogP contribution < -0.4 is 0 Å². The first-order valence-electron chi connectivity index (χ1n) is 7.43. The zero-order chi connectivity index (χ0) is 19.3. The van der Waals surface area contributed by atoms with Crippen molar-refractivity contribution in [1.29, 1.82) is 0 Å². The lowest BCUT2D eigenvalue weighted by Gasteiger charge is -2.43. The Morgan fingerprint density at radius 3 is 2.04 bits per heavy atom. The molecule has 1 aliphatic rings. The van der Waals surface area contributed by atoms with Crippen LogP contribution in [-0.2, 0) is 9.53 Å². The zero-order valence-electron chi connectivity index (χ0n) is 14.2. The summed E-state index contributed by atoms with van der Waals surface area (Å²) < 4.78 is 73.2. The molecule has 9 heteroatoms. The second-order valence-electron chi connectivity index (χ2n) is 6.90. The van der Waals surface area contributed by atoms with E-state index >= 15 is 0 Å². The molecule has 0 N–H and O–H groups in total. The van der Waals surface area contributed by atoms with Crippen LogP contribution in [0, 0.1) is 0 Å². The number of benzene rings is 1. The van der Waals surface area contributed by atoms with Gasteiger partial charge in [0, 0.05) is 17.7 Å². The van der Waals surface area contributed by atoms with Gasteiger partial charge >= 0.3 is 16.2 Å². The topological polar surface area (TPSA) is 29.5 Å². The van der Waals surface area contributed by atoms with Crippen molar-refractivity contribution < 1.29 is 29.0 Å². The van der Waals surface area contributed by atoms with Gasteiger partial charge < -0.3 is 4.74 Å². The van der Waals surface area contributed by atoms with Gasteiger partial charge in [-0.25, -0.2) is 4.79 Å². The lowest BCUT2D eigenvalue weighted by Crippen LogP contribution is -2.49. The van der Waals surface area contributed by atoms with Crippen molar-refractivity contribution in [3.05, 3.63) is 40.8 Å². The molecule has 1 heterocycles. The molecule has 0 fully saturated rings. The van der Waals surface area contributed by atoms with Crippen LogP contribution in [0.4, 0.5) is 19.4 Å². The predicted octanol–water partition coefficient (Wildman–Crippen LogP) is 5.35. The minimum atomic E-state index is -9.99. The number of ether oxygens (including phenoxy) is 1. The largest absolute Gasteiger partial charge is 0.468 e. The Labute approximate surface area is 143 Å². The van der Waals surface area contributed by atoms with E-state index in [1.165, 1.54) is 24.3 Å². The van der Waals surface area contributed by atoms with Crippen molar-refractivity contribution in [3.8, 4) is 0 Å². The van der Waals surface area contributed by atoms with Crippen molar-refractivity contribution in [2.45, 2.75) is 32.4 Å². The minimum absolute atomic E-state index is 0.0760. The molecule has 1 aliphatic heterocycles. The molecule has 0 aromatic heterocycles. The standard InChI is InChI=1S/C16H20F5NO2S/c1-16(2,3)22-10-12(25(17,18,19,20)21)13(14(22)15(23)24-4)11-8-6-5-7-9-11/h5-9,14H,10H2,1-4H3. The molecule has 0 amide bonds. The zero-order valence-corrected chi connectivity index (χ0v) is 15.0. The van der Waals surface area contributed by atoms with Gasteiger partial charge in [0.1, 0.15) is 10.9 Å². The van der Waals surface area contributed by atoms with Crippen LogP contribution in [0.25, 0.3) is 5.57 Å². The number of nitrogens with zero attached hydrogens (tertiary/aromatic N) is 1.